The SMILES string of the molecule is C=c1[nH]n(-c2ccc(C)c(Cl)c2)c(=O)/c1=C/c1ccc(N2CCOCC2)cc1. The molecule has 0 radical (unpaired) electrons. The monoisotopic (exact) mass is 395 g/mol. The van der Waals surface area contributed by atoms with Crippen LogP contribution in [0.3, 0.4) is 0 Å². The summed E-state index contributed by atoms with van der Waals surface area (Å²) in [5.41, 5.74) is 3.62. The molecule has 2 heterocycles. The lowest BCUT2D eigenvalue weighted by Gasteiger charge is -2.28. The third kappa shape index (κ3) is 3.63. The highest BCUT2D eigenvalue weighted by Gasteiger charge is 2.11. The van der Waals surface area contributed by atoms with Crippen LogP contribution in [0.25, 0.3) is 18.3 Å². The maximum absolute atomic E-state index is 12.9. The predicted octanol–water partition coefficient (Wildman–Crippen LogP) is 2.20. The van der Waals surface area contributed by atoms with Gasteiger partial charge in [-0.3, -0.25) is 9.89 Å². The van der Waals surface area contributed by atoms with E-state index >= 15 is 0 Å². The normalized spacial score (nSPS) is 15.2. The highest BCUT2D eigenvalue weighted by atomic mass is 35.5. The van der Waals surface area contributed by atoms with Gasteiger partial charge in [-0.2, -0.15) is 0 Å². The zero-order chi connectivity index (χ0) is 19.7. The van der Waals surface area contributed by atoms with Crippen LogP contribution in [0, 0.1) is 6.92 Å². The van der Waals surface area contributed by atoms with Crippen molar-refractivity contribution in [2.75, 3.05) is 31.2 Å². The first-order valence-electron chi connectivity index (χ1n) is 9.24. The number of rotatable bonds is 3. The van der Waals surface area contributed by atoms with Crippen LogP contribution in [0.5, 0.6) is 0 Å². The maximum Gasteiger partial charge on any atom is 0.279 e. The van der Waals surface area contributed by atoms with Gasteiger partial charge in [0.05, 0.1) is 29.5 Å². The predicted molar refractivity (Wildman–Crippen MR) is 114 cm³/mol. The topological polar surface area (TPSA) is 50.3 Å². The number of aromatic nitrogens is 2. The molecule has 0 aliphatic carbocycles. The Bertz CT molecular complexity index is 1160. The lowest BCUT2D eigenvalue weighted by atomic mass is 10.1. The van der Waals surface area contributed by atoms with Crippen molar-refractivity contribution in [1.29, 1.82) is 0 Å². The van der Waals surface area contributed by atoms with E-state index in [1.165, 1.54) is 4.68 Å². The van der Waals surface area contributed by atoms with Crippen molar-refractivity contribution >= 4 is 29.9 Å². The number of anilines is 1. The zero-order valence-corrected chi connectivity index (χ0v) is 16.5. The number of hydrogen-bond donors (Lipinski definition) is 1. The molecule has 0 spiro atoms. The van der Waals surface area contributed by atoms with Gasteiger partial charge in [0, 0.05) is 23.8 Å². The van der Waals surface area contributed by atoms with Crippen LogP contribution in [0.2, 0.25) is 5.02 Å². The lowest BCUT2D eigenvalue weighted by molar-refractivity contribution is 0.122. The average molecular weight is 396 g/mol. The lowest BCUT2D eigenvalue weighted by Crippen LogP contribution is -2.36. The number of hydrogen-bond acceptors (Lipinski definition) is 3. The summed E-state index contributed by atoms with van der Waals surface area (Å²) in [6, 6.07) is 13.7. The van der Waals surface area contributed by atoms with Gasteiger partial charge in [0.15, 0.2) is 0 Å². The van der Waals surface area contributed by atoms with Gasteiger partial charge in [0.1, 0.15) is 0 Å². The molecule has 2 aromatic carbocycles. The molecule has 6 heteroatoms. The van der Waals surface area contributed by atoms with Gasteiger partial charge in [0.2, 0.25) is 0 Å². The highest BCUT2D eigenvalue weighted by Crippen LogP contribution is 2.18. The first kappa shape index (κ1) is 18.6. The van der Waals surface area contributed by atoms with Crippen LogP contribution in [-0.4, -0.2) is 36.1 Å². The first-order chi connectivity index (χ1) is 13.5. The Morgan fingerprint density at radius 2 is 1.79 bits per heavy atom. The number of ether oxygens (including phenoxy) is 1. The Labute approximate surface area is 168 Å². The summed E-state index contributed by atoms with van der Waals surface area (Å²) in [4.78, 5) is 15.2. The summed E-state index contributed by atoms with van der Waals surface area (Å²) in [5.74, 6) is 0. The fraction of sp³-hybridized carbons (Fsp3) is 0.227. The Kier molecular flexibility index (Phi) is 5.11. The van der Waals surface area contributed by atoms with Crippen LogP contribution < -0.4 is 21.0 Å². The van der Waals surface area contributed by atoms with Gasteiger partial charge >= 0.3 is 0 Å². The second-order valence-corrected chi connectivity index (χ2v) is 7.32. The molecule has 1 fully saturated rings. The van der Waals surface area contributed by atoms with Gasteiger partial charge in [-0.15, -0.1) is 0 Å². The Balaban J connectivity index is 1.68. The van der Waals surface area contributed by atoms with Gasteiger partial charge in [-0.1, -0.05) is 36.4 Å². The van der Waals surface area contributed by atoms with Crippen LogP contribution in [0.15, 0.2) is 47.3 Å². The number of nitrogens with one attached hydrogen (secondary N) is 1. The number of nitrogens with zero attached hydrogens (tertiary/aromatic N) is 2. The van der Waals surface area contributed by atoms with E-state index in [1.54, 1.807) is 6.07 Å². The molecule has 0 bridgehead atoms. The molecule has 1 aliphatic heterocycles. The Morgan fingerprint density at radius 3 is 2.46 bits per heavy atom. The van der Waals surface area contributed by atoms with E-state index in [0.717, 1.165) is 43.1 Å². The fourth-order valence-electron chi connectivity index (χ4n) is 3.32. The van der Waals surface area contributed by atoms with Crippen LogP contribution >= 0.6 is 11.6 Å². The second kappa shape index (κ2) is 7.70. The molecular formula is C22H22ClN3O2. The number of aryl methyl sites for hydroxylation is 1. The minimum absolute atomic E-state index is 0.151. The van der Waals surface area contributed by atoms with Crippen LogP contribution in [-0.2, 0) is 4.74 Å². The minimum atomic E-state index is -0.151. The largest absolute Gasteiger partial charge is 0.378 e. The molecule has 0 unspecified atom stereocenters. The van der Waals surface area contributed by atoms with Crippen molar-refractivity contribution < 1.29 is 4.74 Å². The number of benzene rings is 2. The molecule has 0 amide bonds. The number of halogens is 1. The van der Waals surface area contributed by atoms with Gasteiger partial charge in [0.25, 0.3) is 5.56 Å². The summed E-state index contributed by atoms with van der Waals surface area (Å²) in [7, 11) is 0. The molecule has 28 heavy (non-hydrogen) atoms. The average Bonchev–Trinajstić information content (AvgIpc) is 2.99. The van der Waals surface area contributed by atoms with Crippen LogP contribution in [0.1, 0.15) is 11.1 Å². The molecule has 144 valence electrons. The van der Waals surface area contributed by atoms with Gasteiger partial charge < -0.3 is 9.64 Å². The van der Waals surface area contributed by atoms with E-state index in [1.807, 2.05) is 37.3 Å². The van der Waals surface area contributed by atoms with E-state index in [4.69, 9.17) is 16.3 Å². The van der Waals surface area contributed by atoms with Crippen molar-refractivity contribution in [2.45, 2.75) is 6.92 Å². The molecule has 4 rings (SSSR count). The number of morpholine rings is 1. The molecule has 1 saturated heterocycles. The van der Waals surface area contributed by atoms with Crippen molar-refractivity contribution in [3.05, 3.63) is 79.5 Å². The summed E-state index contributed by atoms with van der Waals surface area (Å²) < 4.78 is 6.87. The first-order valence-corrected chi connectivity index (χ1v) is 9.62. The van der Waals surface area contributed by atoms with E-state index in [-0.39, 0.29) is 5.56 Å². The van der Waals surface area contributed by atoms with Crippen molar-refractivity contribution in [1.82, 2.24) is 9.78 Å². The Morgan fingerprint density at radius 1 is 1.11 bits per heavy atom. The highest BCUT2D eigenvalue weighted by molar-refractivity contribution is 6.31. The molecule has 3 aromatic rings. The standard InChI is InChI=1S/C22H22ClN3O2/c1-15-3-6-19(14-21(15)23)26-22(27)20(16(2)24-26)13-17-4-7-18(8-5-17)25-9-11-28-12-10-25/h3-8,13-14,24H,2,9-12H2,1H3/b20-13+. The molecule has 0 saturated carbocycles. The summed E-state index contributed by atoms with van der Waals surface area (Å²) in [5, 5.41) is 4.77. The smallest absolute Gasteiger partial charge is 0.279 e. The van der Waals surface area contributed by atoms with E-state index in [0.29, 0.717) is 21.3 Å². The third-order valence-electron chi connectivity index (χ3n) is 5.00. The van der Waals surface area contributed by atoms with E-state index in [9.17, 15) is 4.79 Å². The molecule has 1 N–H and O–H groups in total. The molecule has 0 atom stereocenters. The quantitative estimate of drug-likeness (QED) is 0.739. The molecule has 5 nitrogen and oxygen atoms in total. The third-order valence-corrected chi connectivity index (χ3v) is 5.41. The maximum atomic E-state index is 12.9. The molecule has 1 aromatic heterocycles. The summed E-state index contributed by atoms with van der Waals surface area (Å²) in [6.07, 6.45) is 1.86. The van der Waals surface area contributed by atoms with E-state index in [2.05, 4.69) is 28.7 Å². The van der Waals surface area contributed by atoms with Crippen LogP contribution in [0.4, 0.5) is 5.69 Å². The molecular weight excluding hydrogens is 374 g/mol. The molecule has 1 aliphatic rings. The number of H-pyrrole nitrogens is 1. The van der Waals surface area contributed by atoms with Gasteiger partial charge in [-0.05, 0) is 48.4 Å². The van der Waals surface area contributed by atoms with Crippen molar-refractivity contribution in [3.63, 3.8) is 0 Å². The zero-order valence-electron chi connectivity index (χ0n) is 15.7. The van der Waals surface area contributed by atoms with Crippen molar-refractivity contribution in [3.8, 4) is 5.69 Å². The number of aromatic amines is 1. The van der Waals surface area contributed by atoms with Gasteiger partial charge in [-0.25, -0.2) is 4.68 Å². The fourth-order valence-corrected chi connectivity index (χ4v) is 3.49. The summed E-state index contributed by atoms with van der Waals surface area (Å²) in [6.45, 7) is 9.22. The van der Waals surface area contributed by atoms with E-state index < -0.39 is 0 Å². The van der Waals surface area contributed by atoms with Crippen molar-refractivity contribution in [2.24, 2.45) is 0 Å². The Hall–Kier alpha value is -2.76. The second-order valence-electron chi connectivity index (χ2n) is 6.91. The minimum Gasteiger partial charge on any atom is -0.378 e. The summed E-state index contributed by atoms with van der Waals surface area (Å²) >= 11 is 6.21.